The van der Waals surface area contributed by atoms with Crippen LogP contribution in [0.1, 0.15) is 25.3 Å². The van der Waals surface area contributed by atoms with Crippen LogP contribution in [0.2, 0.25) is 5.02 Å². The van der Waals surface area contributed by atoms with Crippen LogP contribution in [-0.4, -0.2) is 40.6 Å². The fourth-order valence-electron chi connectivity index (χ4n) is 4.42. The number of benzene rings is 1. The van der Waals surface area contributed by atoms with Crippen LogP contribution in [-0.2, 0) is 11.2 Å². The van der Waals surface area contributed by atoms with E-state index in [0.717, 1.165) is 52.9 Å². The summed E-state index contributed by atoms with van der Waals surface area (Å²) in [5.74, 6) is 0.686. The van der Waals surface area contributed by atoms with Gasteiger partial charge in [-0.25, -0.2) is 4.98 Å². The number of amides is 1. The quantitative estimate of drug-likeness (QED) is 0.618. The Bertz CT molecular complexity index is 1080. The molecule has 2 aliphatic heterocycles. The van der Waals surface area contributed by atoms with Crippen molar-refractivity contribution in [2.75, 3.05) is 6.54 Å². The fourth-order valence-corrected chi connectivity index (χ4v) is 4.66. The Morgan fingerprint density at radius 2 is 2.21 bits per heavy atom. The topological polar surface area (TPSA) is 79.0 Å². The molecule has 0 aliphatic carbocycles. The second-order valence-corrected chi connectivity index (χ2v) is 8.37. The van der Waals surface area contributed by atoms with Gasteiger partial charge in [0.15, 0.2) is 6.10 Å². The number of H-pyrrole nitrogens is 1. The van der Waals surface area contributed by atoms with E-state index in [-0.39, 0.29) is 11.9 Å². The van der Waals surface area contributed by atoms with Gasteiger partial charge in [-0.1, -0.05) is 11.6 Å². The normalized spacial score (nSPS) is 23.6. The molecule has 0 radical (unpaired) electrons. The fraction of sp³-hybridized carbons (Fsp3) is 0.364. The van der Waals surface area contributed by atoms with Crippen molar-refractivity contribution < 1.29 is 9.53 Å². The van der Waals surface area contributed by atoms with Crippen molar-refractivity contribution in [2.24, 2.45) is 0 Å². The third-order valence-corrected chi connectivity index (χ3v) is 6.03. The number of nitrogens with zero attached hydrogens (tertiary/aromatic N) is 1. The number of aromatic amines is 1. The molecule has 1 fully saturated rings. The van der Waals surface area contributed by atoms with Gasteiger partial charge < -0.3 is 20.4 Å². The van der Waals surface area contributed by atoms with E-state index in [0.29, 0.717) is 17.5 Å². The van der Waals surface area contributed by atoms with Crippen molar-refractivity contribution in [1.82, 2.24) is 20.6 Å². The highest BCUT2D eigenvalue weighted by Crippen LogP contribution is 2.43. The van der Waals surface area contributed by atoms with Gasteiger partial charge >= 0.3 is 0 Å². The summed E-state index contributed by atoms with van der Waals surface area (Å²) in [4.78, 5) is 20.4. The molecule has 0 bridgehead atoms. The van der Waals surface area contributed by atoms with Crippen LogP contribution >= 0.6 is 11.6 Å². The average molecular weight is 411 g/mol. The number of carbonyl (C=O) groups is 1. The summed E-state index contributed by atoms with van der Waals surface area (Å²) in [6.07, 6.45) is 5.50. The number of aromatic nitrogens is 2. The molecule has 5 rings (SSSR count). The van der Waals surface area contributed by atoms with Crippen LogP contribution in [0.25, 0.3) is 22.2 Å². The highest BCUT2D eigenvalue weighted by molar-refractivity contribution is 6.31. The van der Waals surface area contributed by atoms with Gasteiger partial charge in [0.2, 0.25) is 0 Å². The highest BCUT2D eigenvalue weighted by atomic mass is 35.5. The minimum absolute atomic E-state index is 0.0520. The second kappa shape index (κ2) is 7.35. The van der Waals surface area contributed by atoms with Gasteiger partial charge in [0.25, 0.3) is 5.91 Å². The zero-order valence-corrected chi connectivity index (χ0v) is 16.9. The molecule has 4 heterocycles. The number of pyridine rings is 1. The summed E-state index contributed by atoms with van der Waals surface area (Å²) >= 11 is 6.42. The molecule has 6 nitrogen and oxygen atoms in total. The Hall–Kier alpha value is -2.57. The summed E-state index contributed by atoms with van der Waals surface area (Å²) in [6, 6.07) is 8.34. The van der Waals surface area contributed by atoms with Crippen molar-refractivity contribution in [1.29, 1.82) is 0 Å². The van der Waals surface area contributed by atoms with Gasteiger partial charge in [-0.2, -0.15) is 0 Å². The molecule has 150 valence electrons. The van der Waals surface area contributed by atoms with E-state index in [2.05, 4.69) is 27.5 Å². The third kappa shape index (κ3) is 3.47. The molecular formula is C22H23ClN4O2. The number of hydrogen-bond acceptors (Lipinski definition) is 4. The first-order valence-electron chi connectivity index (χ1n) is 10.0. The highest BCUT2D eigenvalue weighted by Gasteiger charge is 2.33. The number of piperidine rings is 1. The standard InChI is InChI=1S/C22H23ClN4O2/c1-12-8-15(2-5-24-12)27-22(28)19-10-13-9-14(23)11-18(20(13)29-19)16-3-6-25-21-17(16)4-7-26-21/h3-4,6-7,9,11-12,15,19,24H,2,5,8,10H2,1H3,(H,25,26)(H,27,28)/t12?,15-,19?/m1/s1. The molecular weight excluding hydrogens is 388 g/mol. The molecule has 3 N–H and O–H groups in total. The minimum Gasteiger partial charge on any atom is -0.479 e. The lowest BCUT2D eigenvalue weighted by Crippen LogP contribution is -2.49. The maximum atomic E-state index is 12.9. The summed E-state index contributed by atoms with van der Waals surface area (Å²) in [5.41, 5.74) is 3.66. The lowest BCUT2D eigenvalue weighted by Gasteiger charge is -2.29. The first-order valence-corrected chi connectivity index (χ1v) is 10.4. The molecule has 1 saturated heterocycles. The third-order valence-electron chi connectivity index (χ3n) is 5.81. The molecule has 2 aromatic heterocycles. The summed E-state index contributed by atoms with van der Waals surface area (Å²) in [7, 11) is 0. The van der Waals surface area contributed by atoms with Gasteiger partial charge in [-0.15, -0.1) is 0 Å². The Labute approximate surface area is 174 Å². The number of ether oxygens (including phenoxy) is 1. The van der Waals surface area contributed by atoms with Gasteiger partial charge in [-0.3, -0.25) is 4.79 Å². The summed E-state index contributed by atoms with van der Waals surface area (Å²) in [5, 5.41) is 8.21. The van der Waals surface area contributed by atoms with E-state index in [1.54, 1.807) is 6.20 Å². The Balaban J connectivity index is 1.43. The van der Waals surface area contributed by atoms with Crippen molar-refractivity contribution >= 4 is 28.5 Å². The van der Waals surface area contributed by atoms with E-state index in [1.807, 2.05) is 30.5 Å². The molecule has 2 unspecified atom stereocenters. The Kier molecular flexibility index (Phi) is 4.68. The molecule has 29 heavy (non-hydrogen) atoms. The number of carbonyl (C=O) groups excluding carboxylic acids is 1. The average Bonchev–Trinajstić information content (AvgIpc) is 3.34. The molecule has 0 saturated carbocycles. The van der Waals surface area contributed by atoms with Crippen LogP contribution < -0.4 is 15.4 Å². The number of nitrogens with one attached hydrogen (secondary N) is 3. The van der Waals surface area contributed by atoms with Crippen molar-refractivity contribution in [3.63, 3.8) is 0 Å². The second-order valence-electron chi connectivity index (χ2n) is 7.94. The maximum absolute atomic E-state index is 12.9. The van der Waals surface area contributed by atoms with Crippen LogP contribution in [0.4, 0.5) is 0 Å². The Morgan fingerprint density at radius 3 is 3.07 bits per heavy atom. The van der Waals surface area contributed by atoms with Crippen LogP contribution in [0, 0.1) is 0 Å². The lowest BCUT2D eigenvalue weighted by molar-refractivity contribution is -0.128. The van der Waals surface area contributed by atoms with Crippen molar-refractivity contribution in [3.8, 4) is 16.9 Å². The van der Waals surface area contributed by atoms with E-state index in [9.17, 15) is 4.79 Å². The van der Waals surface area contributed by atoms with E-state index < -0.39 is 6.10 Å². The SMILES string of the molecule is CC1C[C@H](NC(=O)C2Cc3cc(Cl)cc(-c4ccnc5[nH]ccc45)c3O2)CCN1. The molecule has 3 aromatic rings. The molecule has 2 aliphatic rings. The van der Waals surface area contributed by atoms with Crippen LogP contribution in [0.15, 0.2) is 36.7 Å². The summed E-state index contributed by atoms with van der Waals surface area (Å²) in [6.45, 7) is 3.07. The first kappa shape index (κ1) is 18.5. The first-order chi connectivity index (χ1) is 14.1. The Morgan fingerprint density at radius 1 is 1.31 bits per heavy atom. The zero-order valence-electron chi connectivity index (χ0n) is 16.2. The monoisotopic (exact) mass is 410 g/mol. The number of hydrogen-bond donors (Lipinski definition) is 3. The summed E-state index contributed by atoms with van der Waals surface area (Å²) < 4.78 is 6.19. The van der Waals surface area contributed by atoms with Crippen molar-refractivity contribution in [3.05, 3.63) is 47.2 Å². The number of fused-ring (bicyclic) bond motifs is 2. The lowest BCUT2D eigenvalue weighted by atomic mass is 9.98. The van der Waals surface area contributed by atoms with Crippen LogP contribution in [0.3, 0.4) is 0 Å². The van der Waals surface area contributed by atoms with Gasteiger partial charge in [0.05, 0.1) is 0 Å². The van der Waals surface area contributed by atoms with Crippen molar-refractivity contribution in [2.45, 2.75) is 44.4 Å². The smallest absolute Gasteiger partial charge is 0.261 e. The minimum atomic E-state index is -0.532. The molecule has 1 amide bonds. The number of halogens is 1. The predicted molar refractivity (Wildman–Crippen MR) is 113 cm³/mol. The van der Waals surface area contributed by atoms with Gasteiger partial charge in [0, 0.05) is 52.4 Å². The molecule has 3 atom stereocenters. The van der Waals surface area contributed by atoms with E-state index in [4.69, 9.17) is 16.3 Å². The van der Waals surface area contributed by atoms with Crippen LogP contribution in [0.5, 0.6) is 5.75 Å². The van der Waals surface area contributed by atoms with Gasteiger partial charge in [0.1, 0.15) is 11.4 Å². The maximum Gasteiger partial charge on any atom is 0.261 e. The molecule has 1 aromatic carbocycles. The zero-order chi connectivity index (χ0) is 20.0. The number of rotatable bonds is 3. The largest absolute Gasteiger partial charge is 0.479 e. The van der Waals surface area contributed by atoms with E-state index >= 15 is 0 Å². The predicted octanol–water partition coefficient (Wildman–Crippen LogP) is 3.44. The van der Waals surface area contributed by atoms with E-state index in [1.165, 1.54) is 0 Å². The molecule has 7 heteroatoms. The van der Waals surface area contributed by atoms with Gasteiger partial charge in [-0.05, 0) is 56.1 Å². The molecule has 0 spiro atoms.